The molecule has 130 valence electrons. The molecule has 1 aliphatic carbocycles. The van der Waals surface area contributed by atoms with Crippen LogP contribution in [0.15, 0.2) is 36.4 Å². The monoisotopic (exact) mass is 355 g/mol. The number of hydrogen-bond acceptors (Lipinski definition) is 4. The number of esters is 1. The lowest BCUT2D eigenvalue weighted by atomic mass is 9.99. The Labute approximate surface area is 149 Å². The van der Waals surface area contributed by atoms with Gasteiger partial charge in [-0.05, 0) is 59.2 Å². The van der Waals surface area contributed by atoms with Crippen LogP contribution in [-0.2, 0) is 4.74 Å². The van der Waals surface area contributed by atoms with Gasteiger partial charge in [-0.1, -0.05) is 33.6 Å². The van der Waals surface area contributed by atoms with E-state index >= 15 is 0 Å². The third-order valence-electron chi connectivity index (χ3n) is 4.65. The average Bonchev–Trinajstić information content (AvgIpc) is 3.14. The van der Waals surface area contributed by atoms with Crippen molar-refractivity contribution in [2.75, 3.05) is 7.11 Å². The van der Waals surface area contributed by atoms with E-state index in [4.69, 9.17) is 10.1 Å². The van der Waals surface area contributed by atoms with Crippen LogP contribution >= 0.6 is 8.58 Å². The van der Waals surface area contributed by atoms with Gasteiger partial charge in [0.2, 0.25) is 0 Å². The van der Waals surface area contributed by atoms with E-state index < -0.39 is 5.97 Å². The van der Waals surface area contributed by atoms with Crippen molar-refractivity contribution in [3.8, 4) is 16.9 Å². The van der Waals surface area contributed by atoms with Crippen LogP contribution in [0.4, 0.5) is 0 Å². The second-order valence-corrected chi connectivity index (χ2v) is 7.94. The Balaban J connectivity index is 2.09. The zero-order valence-corrected chi connectivity index (χ0v) is 15.2. The summed E-state index contributed by atoms with van der Waals surface area (Å²) in [6.45, 7) is 0. The smallest absolute Gasteiger partial charge is 0.338 e. The fourth-order valence-corrected chi connectivity index (χ4v) is 5.06. The summed E-state index contributed by atoms with van der Waals surface area (Å²) in [6, 6.07) is 10.8. The van der Waals surface area contributed by atoms with Gasteiger partial charge in [-0.25, -0.2) is 4.79 Å². The summed E-state index contributed by atoms with van der Waals surface area (Å²) in [7, 11) is 1.95. The molecule has 2 aromatic carbocycles. The maximum atomic E-state index is 12.3. The lowest BCUT2D eigenvalue weighted by molar-refractivity contribution is 0.0600. The van der Waals surface area contributed by atoms with Crippen molar-refractivity contribution < 1.29 is 14.6 Å². The maximum absolute atomic E-state index is 12.3. The number of phenols is 1. The van der Waals surface area contributed by atoms with E-state index in [1.165, 1.54) is 39.0 Å². The van der Waals surface area contributed by atoms with Gasteiger partial charge in [0.1, 0.15) is 5.75 Å². The Morgan fingerprint density at radius 3 is 2.48 bits per heavy atom. The van der Waals surface area contributed by atoms with Crippen molar-refractivity contribution in [1.82, 2.24) is 0 Å². The lowest BCUT2D eigenvalue weighted by Gasteiger charge is -2.16. The molecule has 1 saturated carbocycles. The number of hydrogen-bond donors (Lipinski definition) is 2. The second-order valence-electron chi connectivity index (χ2n) is 6.29. The zero-order chi connectivity index (χ0) is 17.8. The number of phenolic OH excluding ortho intramolecular Hbond substituents is 1. The van der Waals surface area contributed by atoms with Crippen LogP contribution in [0.2, 0.25) is 0 Å². The predicted molar refractivity (Wildman–Crippen MR) is 103 cm³/mol. The van der Waals surface area contributed by atoms with Crippen LogP contribution in [0.25, 0.3) is 11.1 Å². The van der Waals surface area contributed by atoms with Crippen LogP contribution < -0.4 is 5.30 Å². The molecule has 2 N–H and O–H groups in total. The van der Waals surface area contributed by atoms with Gasteiger partial charge < -0.3 is 15.3 Å². The molecule has 0 saturated heterocycles. The van der Waals surface area contributed by atoms with E-state index in [2.05, 4.69) is 6.07 Å². The fourth-order valence-electron chi connectivity index (χ4n) is 3.32. The number of carbonyl (C=O) groups excluding carboxylic acids is 1. The molecule has 0 heterocycles. The minimum atomic E-state index is -0.420. The molecule has 1 atom stereocenters. The van der Waals surface area contributed by atoms with Crippen LogP contribution in [0.5, 0.6) is 5.75 Å². The van der Waals surface area contributed by atoms with E-state index in [0.717, 1.165) is 16.4 Å². The third-order valence-corrected chi connectivity index (χ3v) is 6.36. The first kappa shape index (κ1) is 17.6. The van der Waals surface area contributed by atoms with Gasteiger partial charge in [0.25, 0.3) is 0 Å². The molecule has 0 spiro atoms. The van der Waals surface area contributed by atoms with Crippen molar-refractivity contribution in [2.24, 2.45) is 0 Å². The van der Waals surface area contributed by atoms with E-state index in [1.54, 1.807) is 18.2 Å². The molecular weight excluding hydrogens is 333 g/mol. The summed E-state index contributed by atoms with van der Waals surface area (Å²) in [5, 5.41) is 18.4. The number of benzene rings is 2. The molecule has 2 aromatic rings. The molecule has 4 nitrogen and oxygen atoms in total. The molecule has 1 aliphatic rings. The molecule has 0 amide bonds. The van der Waals surface area contributed by atoms with Crippen molar-refractivity contribution in [3.63, 3.8) is 0 Å². The molecule has 5 heteroatoms. The summed E-state index contributed by atoms with van der Waals surface area (Å²) >= 11 is 0. The summed E-state index contributed by atoms with van der Waals surface area (Å²) in [5.74, 6) is -0.210. The molecule has 25 heavy (non-hydrogen) atoms. The summed E-state index contributed by atoms with van der Waals surface area (Å²) in [4.78, 5) is 12.3. The first-order chi connectivity index (χ1) is 12.1. The normalized spacial score (nSPS) is 14.9. The first-order valence-corrected chi connectivity index (χ1v) is 9.53. The van der Waals surface area contributed by atoms with Crippen LogP contribution in [0, 0.1) is 5.41 Å². The molecule has 3 rings (SSSR count). The van der Waals surface area contributed by atoms with Crippen LogP contribution in [0.1, 0.15) is 41.6 Å². The Hall–Kier alpha value is -2.19. The highest BCUT2D eigenvalue weighted by atomic mass is 31.1. The number of methoxy groups -OCH3 is 1. The number of rotatable bonds is 5. The molecule has 0 radical (unpaired) electrons. The highest BCUT2D eigenvalue weighted by molar-refractivity contribution is 7.48. The minimum absolute atomic E-state index is 0.209. The number of nitrogens with one attached hydrogen (secondary N) is 1. The highest BCUT2D eigenvalue weighted by Crippen LogP contribution is 2.36. The molecule has 0 aromatic heterocycles. The first-order valence-electron chi connectivity index (χ1n) is 8.45. The summed E-state index contributed by atoms with van der Waals surface area (Å²) in [6.07, 6.45) is 6.22. The van der Waals surface area contributed by atoms with Gasteiger partial charge >= 0.3 is 5.97 Å². The Bertz CT molecular complexity index is 780. The van der Waals surface area contributed by atoms with Crippen LogP contribution in [-0.4, -0.2) is 30.1 Å². The number of aromatic hydroxyl groups is 1. The van der Waals surface area contributed by atoms with Gasteiger partial charge in [0.05, 0.1) is 12.7 Å². The number of carbonyl (C=O) groups is 1. The van der Waals surface area contributed by atoms with Gasteiger partial charge in [-0.15, -0.1) is 0 Å². The number of ether oxygens (including phenoxy) is 1. The van der Waals surface area contributed by atoms with Gasteiger partial charge in [-0.2, -0.15) is 0 Å². The van der Waals surface area contributed by atoms with Crippen molar-refractivity contribution in [1.29, 1.82) is 5.41 Å². The van der Waals surface area contributed by atoms with E-state index in [9.17, 15) is 9.90 Å². The van der Waals surface area contributed by atoms with E-state index in [0.29, 0.717) is 25.4 Å². The highest BCUT2D eigenvalue weighted by Gasteiger charge is 2.21. The van der Waals surface area contributed by atoms with Gasteiger partial charge in [0, 0.05) is 11.8 Å². The summed E-state index contributed by atoms with van der Waals surface area (Å²) < 4.78 is 4.93. The molecule has 1 unspecified atom stereocenters. The van der Waals surface area contributed by atoms with E-state index in [1.807, 2.05) is 12.1 Å². The van der Waals surface area contributed by atoms with Gasteiger partial charge in [0.15, 0.2) is 0 Å². The van der Waals surface area contributed by atoms with E-state index in [-0.39, 0.29) is 5.75 Å². The predicted octanol–water partition coefficient (Wildman–Crippen LogP) is 4.09. The van der Waals surface area contributed by atoms with Crippen molar-refractivity contribution >= 4 is 26.1 Å². The van der Waals surface area contributed by atoms with Crippen molar-refractivity contribution in [2.45, 2.75) is 31.3 Å². The SMILES string of the molecule is COC(=O)c1cc(-c2ccc(O)cc2)cc(PC2CCCC2)c1C=N. The molecular formula is C20H22NO3P. The lowest BCUT2D eigenvalue weighted by Crippen LogP contribution is -2.16. The Morgan fingerprint density at radius 1 is 1.20 bits per heavy atom. The molecule has 0 aliphatic heterocycles. The Morgan fingerprint density at radius 2 is 1.88 bits per heavy atom. The second kappa shape index (κ2) is 7.79. The fraction of sp³-hybridized carbons (Fsp3) is 0.300. The minimum Gasteiger partial charge on any atom is -0.508 e. The average molecular weight is 355 g/mol. The van der Waals surface area contributed by atoms with Gasteiger partial charge in [-0.3, -0.25) is 0 Å². The molecule has 1 fully saturated rings. The zero-order valence-electron chi connectivity index (χ0n) is 14.2. The standard InChI is InChI=1S/C20H22NO3P/c1-24-20(23)17-10-14(13-6-8-15(22)9-7-13)11-19(18(17)12-21)25-16-4-2-3-5-16/h6-12,16,21-22,25H,2-5H2,1H3. The van der Waals surface area contributed by atoms with Crippen molar-refractivity contribution in [3.05, 3.63) is 47.5 Å². The maximum Gasteiger partial charge on any atom is 0.338 e. The molecule has 0 bridgehead atoms. The topological polar surface area (TPSA) is 70.4 Å². The third kappa shape index (κ3) is 3.91. The quantitative estimate of drug-likeness (QED) is 0.482. The largest absolute Gasteiger partial charge is 0.508 e. The van der Waals surface area contributed by atoms with Crippen LogP contribution in [0.3, 0.4) is 0 Å². The summed E-state index contributed by atoms with van der Waals surface area (Å²) in [5.41, 5.74) is 3.57. The Kier molecular flexibility index (Phi) is 5.50.